The predicted octanol–water partition coefficient (Wildman–Crippen LogP) is 1.90. The summed E-state index contributed by atoms with van der Waals surface area (Å²) in [6.07, 6.45) is 0.910. The van der Waals surface area contributed by atoms with Crippen molar-refractivity contribution in [2.45, 2.75) is 19.6 Å². The van der Waals surface area contributed by atoms with Gasteiger partial charge in [-0.15, -0.1) is 0 Å². The van der Waals surface area contributed by atoms with Gasteiger partial charge in [0.1, 0.15) is 6.61 Å². The van der Waals surface area contributed by atoms with Crippen LogP contribution in [0.1, 0.15) is 16.8 Å². The van der Waals surface area contributed by atoms with Crippen molar-refractivity contribution in [1.82, 2.24) is 10.5 Å². The van der Waals surface area contributed by atoms with Crippen LogP contribution < -0.4 is 10.1 Å². The van der Waals surface area contributed by atoms with Crippen molar-refractivity contribution in [3.63, 3.8) is 0 Å². The Morgan fingerprint density at radius 3 is 3.06 bits per heavy atom. The Morgan fingerprint density at radius 1 is 1.29 bits per heavy atom. The minimum absolute atomic E-state index is 0.516. The zero-order valence-electron chi connectivity index (χ0n) is 9.48. The Balaban J connectivity index is 1.71. The van der Waals surface area contributed by atoms with Crippen LogP contribution in [0, 0.1) is 0 Å². The van der Waals surface area contributed by atoms with Gasteiger partial charge in [0.15, 0.2) is 0 Å². The summed E-state index contributed by atoms with van der Waals surface area (Å²) in [5.41, 5.74) is 3.21. The summed E-state index contributed by atoms with van der Waals surface area (Å²) in [5, 5.41) is 7.31. The molecule has 1 aromatic carbocycles. The number of nitrogens with zero attached hydrogens (tertiary/aromatic N) is 1. The van der Waals surface area contributed by atoms with Crippen molar-refractivity contribution in [1.29, 1.82) is 0 Å². The first-order chi connectivity index (χ1) is 8.43. The van der Waals surface area contributed by atoms with Crippen molar-refractivity contribution in [3.05, 3.63) is 47.2 Å². The number of benzene rings is 1. The number of ether oxygens (including phenoxy) is 1. The second kappa shape index (κ2) is 4.59. The van der Waals surface area contributed by atoms with E-state index in [-0.39, 0.29) is 0 Å². The fraction of sp³-hybridized carbons (Fsp3) is 0.308. The first kappa shape index (κ1) is 10.4. The average molecular weight is 230 g/mol. The van der Waals surface area contributed by atoms with E-state index in [1.807, 2.05) is 30.3 Å². The molecular formula is C13H14N2O2. The van der Waals surface area contributed by atoms with Crippen LogP contribution in [0.2, 0.25) is 0 Å². The van der Waals surface area contributed by atoms with E-state index in [9.17, 15) is 0 Å². The SMILES string of the molecule is c1ccc(COc2onc3c2CNCC3)cc1. The fourth-order valence-corrected chi connectivity index (χ4v) is 1.95. The molecule has 0 aliphatic carbocycles. The second-order valence-corrected chi connectivity index (χ2v) is 4.10. The second-order valence-electron chi connectivity index (χ2n) is 4.10. The van der Waals surface area contributed by atoms with E-state index in [0.29, 0.717) is 12.6 Å². The molecule has 0 saturated heterocycles. The Hall–Kier alpha value is -1.81. The van der Waals surface area contributed by atoms with Gasteiger partial charge in [0.2, 0.25) is 0 Å². The summed E-state index contributed by atoms with van der Waals surface area (Å²) in [4.78, 5) is 0. The molecule has 4 heteroatoms. The van der Waals surface area contributed by atoms with Gasteiger partial charge in [-0.05, 0) is 5.56 Å². The van der Waals surface area contributed by atoms with Crippen molar-refractivity contribution < 1.29 is 9.26 Å². The normalized spacial score (nSPS) is 14.4. The minimum atomic E-state index is 0.516. The monoisotopic (exact) mass is 230 g/mol. The van der Waals surface area contributed by atoms with Crippen LogP contribution in [-0.4, -0.2) is 11.7 Å². The lowest BCUT2D eigenvalue weighted by molar-refractivity contribution is 0.202. The summed E-state index contributed by atoms with van der Waals surface area (Å²) in [7, 11) is 0. The lowest BCUT2D eigenvalue weighted by Gasteiger charge is -2.11. The van der Waals surface area contributed by atoms with Crippen molar-refractivity contribution in [3.8, 4) is 5.95 Å². The van der Waals surface area contributed by atoms with Crippen molar-refractivity contribution in [2.75, 3.05) is 6.54 Å². The molecule has 1 aromatic heterocycles. The molecule has 4 nitrogen and oxygen atoms in total. The highest BCUT2D eigenvalue weighted by Gasteiger charge is 2.19. The first-order valence-corrected chi connectivity index (χ1v) is 5.78. The first-order valence-electron chi connectivity index (χ1n) is 5.78. The maximum absolute atomic E-state index is 5.66. The molecular weight excluding hydrogens is 216 g/mol. The third-order valence-corrected chi connectivity index (χ3v) is 2.89. The summed E-state index contributed by atoms with van der Waals surface area (Å²) in [6, 6.07) is 10.0. The maximum atomic E-state index is 5.66. The van der Waals surface area contributed by atoms with Crippen LogP contribution in [0.4, 0.5) is 0 Å². The van der Waals surface area contributed by atoms with Crippen LogP contribution >= 0.6 is 0 Å². The third-order valence-electron chi connectivity index (χ3n) is 2.89. The highest BCUT2D eigenvalue weighted by molar-refractivity contribution is 5.30. The van der Waals surface area contributed by atoms with Gasteiger partial charge in [0.25, 0.3) is 0 Å². The molecule has 0 saturated carbocycles. The molecule has 0 fully saturated rings. The zero-order valence-corrected chi connectivity index (χ0v) is 9.48. The highest BCUT2D eigenvalue weighted by atomic mass is 16.6. The number of nitrogens with one attached hydrogen (secondary N) is 1. The lowest BCUT2D eigenvalue weighted by Crippen LogP contribution is -2.23. The van der Waals surface area contributed by atoms with E-state index in [1.54, 1.807) is 0 Å². The quantitative estimate of drug-likeness (QED) is 0.874. The van der Waals surface area contributed by atoms with Crippen LogP contribution in [0.15, 0.2) is 34.9 Å². The Bertz CT molecular complexity index is 493. The number of hydrogen-bond donors (Lipinski definition) is 1. The van der Waals surface area contributed by atoms with Crippen LogP contribution in [0.5, 0.6) is 5.95 Å². The zero-order chi connectivity index (χ0) is 11.5. The lowest BCUT2D eigenvalue weighted by atomic mass is 10.1. The molecule has 0 amide bonds. The van der Waals surface area contributed by atoms with E-state index < -0.39 is 0 Å². The molecule has 2 heterocycles. The van der Waals surface area contributed by atoms with E-state index in [2.05, 4.69) is 10.5 Å². The number of hydrogen-bond acceptors (Lipinski definition) is 4. The van der Waals surface area contributed by atoms with Gasteiger partial charge in [-0.25, -0.2) is 0 Å². The van der Waals surface area contributed by atoms with Gasteiger partial charge in [0.05, 0.1) is 11.3 Å². The molecule has 1 aliphatic heterocycles. The largest absolute Gasteiger partial charge is 0.459 e. The Morgan fingerprint density at radius 2 is 2.18 bits per heavy atom. The molecule has 17 heavy (non-hydrogen) atoms. The maximum Gasteiger partial charge on any atom is 0.316 e. The highest BCUT2D eigenvalue weighted by Crippen LogP contribution is 2.25. The molecule has 0 spiro atoms. The molecule has 2 aromatic rings. The van der Waals surface area contributed by atoms with Gasteiger partial charge in [-0.1, -0.05) is 35.5 Å². The van der Waals surface area contributed by atoms with Gasteiger partial charge < -0.3 is 14.6 Å². The summed E-state index contributed by atoms with van der Waals surface area (Å²) in [6.45, 7) is 2.25. The average Bonchev–Trinajstić information content (AvgIpc) is 2.81. The number of aromatic nitrogens is 1. The number of fused-ring (bicyclic) bond motifs is 1. The minimum Gasteiger partial charge on any atom is -0.459 e. The topological polar surface area (TPSA) is 47.3 Å². The van der Waals surface area contributed by atoms with Gasteiger partial charge in [-0.2, -0.15) is 0 Å². The van der Waals surface area contributed by atoms with E-state index >= 15 is 0 Å². The van der Waals surface area contributed by atoms with Crippen molar-refractivity contribution >= 4 is 0 Å². The van der Waals surface area contributed by atoms with E-state index in [4.69, 9.17) is 9.26 Å². The molecule has 0 radical (unpaired) electrons. The molecule has 0 unspecified atom stereocenters. The smallest absolute Gasteiger partial charge is 0.316 e. The van der Waals surface area contributed by atoms with Crippen LogP contribution in [-0.2, 0) is 19.6 Å². The summed E-state index contributed by atoms with van der Waals surface area (Å²) in [5.74, 6) is 0.552. The third kappa shape index (κ3) is 2.17. The van der Waals surface area contributed by atoms with Gasteiger partial charge in [0, 0.05) is 19.5 Å². The van der Waals surface area contributed by atoms with E-state index in [0.717, 1.165) is 36.3 Å². The molecule has 0 bridgehead atoms. The molecule has 0 atom stereocenters. The van der Waals surface area contributed by atoms with Gasteiger partial charge in [-0.3, -0.25) is 0 Å². The Labute approximate surface area is 99.6 Å². The predicted molar refractivity (Wildman–Crippen MR) is 62.7 cm³/mol. The molecule has 1 aliphatic rings. The summed E-state index contributed by atoms with van der Waals surface area (Å²) < 4.78 is 10.9. The van der Waals surface area contributed by atoms with Crippen LogP contribution in [0.3, 0.4) is 0 Å². The Kier molecular flexibility index (Phi) is 2.80. The van der Waals surface area contributed by atoms with Crippen LogP contribution in [0.25, 0.3) is 0 Å². The van der Waals surface area contributed by atoms with Crippen molar-refractivity contribution in [2.24, 2.45) is 0 Å². The van der Waals surface area contributed by atoms with Gasteiger partial charge >= 0.3 is 5.95 Å². The molecule has 3 rings (SSSR count). The number of rotatable bonds is 3. The summed E-state index contributed by atoms with van der Waals surface area (Å²) >= 11 is 0. The molecule has 88 valence electrons. The fourth-order valence-electron chi connectivity index (χ4n) is 1.95. The standard InChI is InChI=1S/C13H14N2O2/c1-2-4-10(5-3-1)9-16-13-11-8-14-7-6-12(11)15-17-13/h1-5,14H,6-9H2. The molecule has 1 N–H and O–H groups in total. The van der Waals surface area contributed by atoms with E-state index in [1.165, 1.54) is 0 Å².